The van der Waals surface area contributed by atoms with Crippen LogP contribution in [-0.2, 0) is 16.9 Å². The Morgan fingerprint density at radius 3 is 2.91 bits per heavy atom. The number of aromatic amines is 1. The number of halogens is 1. The van der Waals surface area contributed by atoms with Gasteiger partial charge in [0.15, 0.2) is 0 Å². The number of nitrogens with one attached hydrogen (secondary N) is 2. The van der Waals surface area contributed by atoms with Gasteiger partial charge in [-0.15, -0.1) is 0 Å². The van der Waals surface area contributed by atoms with Gasteiger partial charge in [-0.2, -0.15) is 0 Å². The van der Waals surface area contributed by atoms with Gasteiger partial charge in [0.25, 0.3) is 0 Å². The lowest BCUT2D eigenvalue weighted by molar-refractivity contribution is -0.0538. The molecule has 0 radical (unpaired) electrons. The molecule has 3 N–H and O–H groups in total. The highest BCUT2D eigenvalue weighted by Gasteiger charge is 2.40. The van der Waals surface area contributed by atoms with E-state index in [2.05, 4.69) is 10.3 Å². The van der Waals surface area contributed by atoms with Crippen LogP contribution in [-0.4, -0.2) is 36.3 Å². The molecule has 3 aromatic rings. The first kappa shape index (κ1) is 23.6. The van der Waals surface area contributed by atoms with Crippen LogP contribution < -0.4 is 10.1 Å². The Morgan fingerprint density at radius 1 is 1.27 bits per heavy atom. The van der Waals surface area contributed by atoms with Gasteiger partial charge in [-0.25, -0.2) is 4.79 Å². The fourth-order valence-corrected chi connectivity index (χ4v) is 5.10. The Hall–Kier alpha value is -2.54. The van der Waals surface area contributed by atoms with E-state index < -0.39 is 5.60 Å². The van der Waals surface area contributed by atoms with E-state index in [0.717, 1.165) is 47.0 Å². The molecule has 2 atom stereocenters. The second-order valence-corrected chi connectivity index (χ2v) is 9.06. The number of ether oxygens (including phenoxy) is 2. The van der Waals surface area contributed by atoms with Crippen molar-refractivity contribution in [2.24, 2.45) is 5.92 Å². The largest absolute Gasteiger partial charge is 0.497 e. The molecule has 4 rings (SSSR count). The monoisotopic (exact) mass is 470 g/mol. The fraction of sp³-hybridized carbons (Fsp3) is 0.423. The molecule has 0 bridgehead atoms. The Kier molecular flexibility index (Phi) is 7.27. The summed E-state index contributed by atoms with van der Waals surface area (Å²) in [5.41, 5.74) is 2.07. The zero-order chi connectivity index (χ0) is 23.4. The van der Waals surface area contributed by atoms with E-state index in [1.165, 1.54) is 0 Å². The van der Waals surface area contributed by atoms with Crippen molar-refractivity contribution in [1.82, 2.24) is 10.3 Å². The zero-order valence-corrected chi connectivity index (χ0v) is 19.9. The molecule has 33 heavy (non-hydrogen) atoms. The molecule has 1 saturated carbocycles. The van der Waals surface area contributed by atoms with Gasteiger partial charge in [-0.3, -0.25) is 0 Å². The van der Waals surface area contributed by atoms with Gasteiger partial charge in [-0.1, -0.05) is 36.6 Å². The first-order valence-corrected chi connectivity index (χ1v) is 11.9. The lowest BCUT2D eigenvalue weighted by Gasteiger charge is -2.41. The first-order chi connectivity index (χ1) is 16.0. The standard InChI is InChI=1S/C26H31ClN2O4/c1-3-33-25(30)24-22(21-14-19(27)10-11-23(21)29-24)16-28-15-18-7-4-5-12-26(18,31)17-8-6-9-20(13-17)32-2/h6,8-11,13-14,18,28-29,31H,3-5,7,12,15-16H2,1-2H3. The maximum Gasteiger partial charge on any atom is 0.355 e. The van der Waals surface area contributed by atoms with Crippen molar-refractivity contribution in [3.8, 4) is 5.75 Å². The van der Waals surface area contributed by atoms with E-state index in [4.69, 9.17) is 21.1 Å². The quantitative estimate of drug-likeness (QED) is 0.395. The lowest BCUT2D eigenvalue weighted by atomic mass is 9.71. The molecule has 176 valence electrons. The highest BCUT2D eigenvalue weighted by Crippen LogP contribution is 2.42. The second-order valence-electron chi connectivity index (χ2n) is 8.62. The zero-order valence-electron chi connectivity index (χ0n) is 19.1. The summed E-state index contributed by atoms with van der Waals surface area (Å²) in [5.74, 6) is 0.401. The summed E-state index contributed by atoms with van der Waals surface area (Å²) in [6.07, 6.45) is 3.70. The van der Waals surface area contributed by atoms with Crippen LogP contribution in [0.4, 0.5) is 0 Å². The summed E-state index contributed by atoms with van der Waals surface area (Å²) in [7, 11) is 1.64. The van der Waals surface area contributed by atoms with Gasteiger partial charge in [0, 0.05) is 40.5 Å². The van der Waals surface area contributed by atoms with Crippen LogP contribution in [0, 0.1) is 5.92 Å². The second kappa shape index (κ2) is 10.2. The third-order valence-corrected chi connectivity index (χ3v) is 6.88. The normalized spacial score (nSPS) is 20.7. The van der Waals surface area contributed by atoms with Gasteiger partial charge in [0.2, 0.25) is 0 Å². The van der Waals surface area contributed by atoms with Crippen molar-refractivity contribution in [3.05, 3.63) is 64.3 Å². The third kappa shape index (κ3) is 4.88. The van der Waals surface area contributed by atoms with Crippen LogP contribution in [0.5, 0.6) is 5.75 Å². The van der Waals surface area contributed by atoms with Gasteiger partial charge >= 0.3 is 5.97 Å². The number of fused-ring (bicyclic) bond motifs is 1. The Balaban J connectivity index is 1.56. The average molecular weight is 471 g/mol. The smallest absolute Gasteiger partial charge is 0.355 e. The molecule has 0 aliphatic heterocycles. The van der Waals surface area contributed by atoms with Crippen molar-refractivity contribution in [2.45, 2.75) is 44.8 Å². The SMILES string of the molecule is CCOC(=O)c1[nH]c2ccc(Cl)cc2c1CNCC1CCCCC1(O)c1cccc(OC)c1. The molecule has 6 nitrogen and oxygen atoms in total. The molecule has 0 spiro atoms. The number of carbonyl (C=O) groups is 1. The lowest BCUT2D eigenvalue weighted by Crippen LogP contribution is -2.43. The minimum absolute atomic E-state index is 0.0400. The van der Waals surface area contributed by atoms with Crippen LogP contribution in [0.3, 0.4) is 0 Å². The van der Waals surface area contributed by atoms with Crippen LogP contribution in [0.25, 0.3) is 10.9 Å². The summed E-state index contributed by atoms with van der Waals surface area (Å²) in [6, 6.07) is 13.2. The predicted octanol–water partition coefficient (Wildman–Crippen LogP) is 5.17. The van der Waals surface area contributed by atoms with Crippen molar-refractivity contribution in [3.63, 3.8) is 0 Å². The van der Waals surface area contributed by atoms with Crippen LogP contribution >= 0.6 is 11.6 Å². The molecule has 2 unspecified atom stereocenters. The highest BCUT2D eigenvalue weighted by atomic mass is 35.5. The van der Waals surface area contributed by atoms with Crippen LogP contribution in [0.15, 0.2) is 42.5 Å². The average Bonchev–Trinajstić information content (AvgIpc) is 3.18. The Labute approximate surface area is 199 Å². The number of carbonyl (C=O) groups excluding carboxylic acids is 1. The summed E-state index contributed by atoms with van der Waals surface area (Å²) < 4.78 is 10.6. The van der Waals surface area contributed by atoms with Crippen molar-refractivity contribution >= 4 is 28.5 Å². The Bertz CT molecular complexity index is 1130. The van der Waals surface area contributed by atoms with E-state index in [9.17, 15) is 9.90 Å². The number of methoxy groups -OCH3 is 1. The number of aromatic nitrogens is 1. The summed E-state index contributed by atoms with van der Waals surface area (Å²) in [6.45, 7) is 3.16. The molecule has 1 aliphatic rings. The van der Waals surface area contributed by atoms with Crippen LogP contribution in [0.2, 0.25) is 5.02 Å². The van der Waals surface area contributed by atoms with E-state index in [1.54, 1.807) is 20.1 Å². The highest BCUT2D eigenvalue weighted by molar-refractivity contribution is 6.31. The van der Waals surface area contributed by atoms with Gasteiger partial charge < -0.3 is 24.9 Å². The minimum atomic E-state index is -0.923. The van der Waals surface area contributed by atoms with E-state index >= 15 is 0 Å². The molecule has 1 fully saturated rings. The fourth-order valence-electron chi connectivity index (χ4n) is 4.92. The maximum absolute atomic E-state index is 12.6. The van der Waals surface area contributed by atoms with Crippen molar-refractivity contribution < 1.29 is 19.4 Å². The Morgan fingerprint density at radius 2 is 2.12 bits per heavy atom. The molecule has 1 aliphatic carbocycles. The summed E-state index contributed by atoms with van der Waals surface area (Å²) in [5, 5.41) is 16.7. The van der Waals surface area contributed by atoms with Gasteiger partial charge in [0.1, 0.15) is 11.4 Å². The van der Waals surface area contributed by atoms with Crippen molar-refractivity contribution in [1.29, 1.82) is 0 Å². The summed E-state index contributed by atoms with van der Waals surface area (Å²) >= 11 is 6.23. The minimum Gasteiger partial charge on any atom is -0.497 e. The number of H-pyrrole nitrogens is 1. The topological polar surface area (TPSA) is 83.6 Å². The van der Waals surface area contributed by atoms with E-state index in [0.29, 0.717) is 36.8 Å². The van der Waals surface area contributed by atoms with Crippen molar-refractivity contribution in [2.75, 3.05) is 20.3 Å². The number of hydrogen-bond donors (Lipinski definition) is 3. The molecule has 0 amide bonds. The molecule has 2 aromatic carbocycles. The molecular weight excluding hydrogens is 440 g/mol. The predicted molar refractivity (Wildman–Crippen MR) is 130 cm³/mol. The van der Waals surface area contributed by atoms with E-state index in [1.807, 2.05) is 36.4 Å². The van der Waals surface area contributed by atoms with Gasteiger partial charge in [-0.05, 0) is 55.7 Å². The third-order valence-electron chi connectivity index (χ3n) is 6.65. The molecule has 7 heteroatoms. The van der Waals surface area contributed by atoms with E-state index in [-0.39, 0.29) is 11.9 Å². The number of hydrogen-bond acceptors (Lipinski definition) is 5. The molecule has 1 heterocycles. The van der Waals surface area contributed by atoms with Gasteiger partial charge in [0.05, 0.1) is 19.3 Å². The molecule has 0 saturated heterocycles. The molecular formula is C26H31ClN2O4. The summed E-state index contributed by atoms with van der Waals surface area (Å²) in [4.78, 5) is 15.8. The molecule has 1 aromatic heterocycles. The van der Waals surface area contributed by atoms with Crippen LogP contribution in [0.1, 0.15) is 54.2 Å². The number of benzene rings is 2. The number of rotatable bonds is 8. The number of esters is 1. The first-order valence-electron chi connectivity index (χ1n) is 11.5. The maximum atomic E-state index is 12.6. The number of aliphatic hydroxyl groups is 1.